The average Bonchev–Trinajstić information content (AvgIpc) is 2.82. The summed E-state index contributed by atoms with van der Waals surface area (Å²) in [7, 11) is 0. The number of nitrogens with one attached hydrogen (secondary N) is 1. The van der Waals surface area contributed by atoms with Gasteiger partial charge in [-0.1, -0.05) is 12.2 Å². The van der Waals surface area contributed by atoms with E-state index in [1.165, 1.54) is 6.07 Å². The van der Waals surface area contributed by atoms with Gasteiger partial charge >= 0.3 is 5.69 Å². The van der Waals surface area contributed by atoms with Crippen LogP contribution in [0.5, 0.6) is 5.75 Å². The van der Waals surface area contributed by atoms with E-state index in [0.29, 0.717) is 18.4 Å². The molecule has 0 spiro atoms. The lowest BCUT2D eigenvalue weighted by molar-refractivity contribution is -0.385. The fraction of sp³-hybridized carbons (Fsp3) is 0.385. The van der Waals surface area contributed by atoms with Crippen LogP contribution in [0, 0.1) is 10.1 Å². The fourth-order valence-corrected chi connectivity index (χ4v) is 2.00. The molecule has 0 aliphatic heterocycles. The maximum Gasteiger partial charge on any atom is 0.311 e. The van der Waals surface area contributed by atoms with Gasteiger partial charge in [0.25, 0.3) is 0 Å². The third kappa shape index (κ3) is 2.80. The van der Waals surface area contributed by atoms with Crippen LogP contribution in [0.2, 0.25) is 0 Å². The Bertz CT molecular complexity index is 463. The first-order valence-electron chi connectivity index (χ1n) is 6.03. The third-order valence-electron chi connectivity index (χ3n) is 2.84. The minimum atomic E-state index is -0.425. The van der Waals surface area contributed by atoms with Crippen molar-refractivity contribution in [3.63, 3.8) is 0 Å². The summed E-state index contributed by atoms with van der Waals surface area (Å²) in [6, 6.07) is 5.27. The number of ether oxygens (including phenoxy) is 1. The van der Waals surface area contributed by atoms with Crippen LogP contribution in [0.1, 0.15) is 19.8 Å². The van der Waals surface area contributed by atoms with Gasteiger partial charge in [0.1, 0.15) is 0 Å². The molecule has 0 fully saturated rings. The van der Waals surface area contributed by atoms with E-state index >= 15 is 0 Å². The number of nitro benzene ring substituents is 1. The van der Waals surface area contributed by atoms with Crippen molar-refractivity contribution in [2.45, 2.75) is 25.8 Å². The normalized spacial score (nSPS) is 14.7. The summed E-state index contributed by atoms with van der Waals surface area (Å²) >= 11 is 0. The molecule has 0 amide bonds. The monoisotopic (exact) mass is 248 g/mol. The van der Waals surface area contributed by atoms with E-state index in [1.807, 2.05) is 6.92 Å². The molecule has 5 heteroatoms. The SMILES string of the molecule is CCOc1cc(NC2CC=CC2)ccc1[N+](=O)[O-]. The Labute approximate surface area is 106 Å². The molecule has 96 valence electrons. The van der Waals surface area contributed by atoms with E-state index in [2.05, 4.69) is 17.5 Å². The highest BCUT2D eigenvalue weighted by atomic mass is 16.6. The quantitative estimate of drug-likeness (QED) is 0.494. The highest BCUT2D eigenvalue weighted by molar-refractivity contribution is 5.58. The standard InChI is InChI=1S/C13H16N2O3/c1-2-18-13-9-11(7-8-12(13)15(16)17)14-10-5-3-4-6-10/h3-4,7-10,14H,2,5-6H2,1H3. The molecular formula is C13H16N2O3. The summed E-state index contributed by atoms with van der Waals surface area (Å²) in [4.78, 5) is 10.4. The highest BCUT2D eigenvalue weighted by Gasteiger charge is 2.17. The van der Waals surface area contributed by atoms with Gasteiger partial charge < -0.3 is 10.1 Å². The van der Waals surface area contributed by atoms with Gasteiger partial charge in [-0.15, -0.1) is 0 Å². The topological polar surface area (TPSA) is 64.4 Å². The maximum atomic E-state index is 10.8. The molecule has 1 N–H and O–H groups in total. The molecule has 2 rings (SSSR count). The van der Waals surface area contributed by atoms with E-state index in [-0.39, 0.29) is 5.69 Å². The summed E-state index contributed by atoms with van der Waals surface area (Å²) < 4.78 is 5.31. The zero-order valence-corrected chi connectivity index (χ0v) is 10.3. The van der Waals surface area contributed by atoms with Crippen LogP contribution in [0.25, 0.3) is 0 Å². The Hall–Kier alpha value is -2.04. The van der Waals surface area contributed by atoms with Gasteiger partial charge in [0, 0.05) is 23.9 Å². The van der Waals surface area contributed by atoms with Crippen molar-refractivity contribution in [3.05, 3.63) is 40.5 Å². The first-order valence-corrected chi connectivity index (χ1v) is 6.03. The number of nitro groups is 1. The molecule has 1 aliphatic rings. The molecule has 0 bridgehead atoms. The zero-order valence-electron chi connectivity index (χ0n) is 10.3. The first kappa shape index (κ1) is 12.4. The second-order valence-corrected chi connectivity index (χ2v) is 4.16. The fourth-order valence-electron chi connectivity index (χ4n) is 2.00. The first-order chi connectivity index (χ1) is 8.70. The minimum absolute atomic E-state index is 0.00643. The van der Waals surface area contributed by atoms with Crippen LogP contribution in [-0.4, -0.2) is 17.6 Å². The lowest BCUT2D eigenvalue weighted by Crippen LogP contribution is -2.15. The summed E-state index contributed by atoms with van der Waals surface area (Å²) in [6.45, 7) is 2.22. The van der Waals surface area contributed by atoms with Crippen LogP contribution in [-0.2, 0) is 0 Å². The van der Waals surface area contributed by atoms with Gasteiger partial charge in [-0.3, -0.25) is 10.1 Å². The van der Waals surface area contributed by atoms with Gasteiger partial charge in [0.05, 0.1) is 11.5 Å². The Morgan fingerprint density at radius 2 is 2.17 bits per heavy atom. The molecule has 1 aromatic carbocycles. The molecule has 0 atom stereocenters. The molecule has 0 saturated carbocycles. The summed E-state index contributed by atoms with van der Waals surface area (Å²) in [5.74, 6) is 0.318. The van der Waals surface area contributed by atoms with E-state index in [9.17, 15) is 10.1 Å². The highest BCUT2D eigenvalue weighted by Crippen LogP contribution is 2.31. The predicted molar refractivity (Wildman–Crippen MR) is 70.1 cm³/mol. The molecule has 1 aromatic rings. The molecular weight excluding hydrogens is 232 g/mol. The second-order valence-electron chi connectivity index (χ2n) is 4.16. The van der Waals surface area contributed by atoms with Gasteiger partial charge in [0.2, 0.25) is 0 Å². The molecule has 1 aliphatic carbocycles. The predicted octanol–water partition coefficient (Wildman–Crippen LogP) is 3.12. The smallest absolute Gasteiger partial charge is 0.311 e. The summed E-state index contributed by atoms with van der Waals surface area (Å²) in [5.41, 5.74) is 0.865. The van der Waals surface area contributed by atoms with Crippen LogP contribution in [0.4, 0.5) is 11.4 Å². The Balaban J connectivity index is 2.16. The minimum Gasteiger partial charge on any atom is -0.487 e. The van der Waals surface area contributed by atoms with Crippen molar-refractivity contribution < 1.29 is 9.66 Å². The number of anilines is 1. The molecule has 0 unspecified atom stereocenters. The lowest BCUT2D eigenvalue weighted by atomic mass is 10.2. The van der Waals surface area contributed by atoms with Crippen molar-refractivity contribution in [3.8, 4) is 5.75 Å². The summed E-state index contributed by atoms with van der Waals surface area (Å²) in [5, 5.41) is 14.2. The Morgan fingerprint density at radius 3 is 2.78 bits per heavy atom. The van der Waals surface area contributed by atoms with Crippen molar-refractivity contribution in [1.82, 2.24) is 0 Å². The molecule has 5 nitrogen and oxygen atoms in total. The zero-order chi connectivity index (χ0) is 13.0. The van der Waals surface area contributed by atoms with Gasteiger partial charge in [-0.2, -0.15) is 0 Å². The van der Waals surface area contributed by atoms with Crippen molar-refractivity contribution in [2.75, 3.05) is 11.9 Å². The number of benzene rings is 1. The van der Waals surface area contributed by atoms with E-state index in [4.69, 9.17) is 4.74 Å². The maximum absolute atomic E-state index is 10.8. The molecule has 18 heavy (non-hydrogen) atoms. The van der Waals surface area contributed by atoms with E-state index in [1.54, 1.807) is 12.1 Å². The summed E-state index contributed by atoms with van der Waals surface area (Å²) in [6.07, 6.45) is 6.24. The molecule has 0 saturated heterocycles. The van der Waals surface area contributed by atoms with Crippen LogP contribution >= 0.6 is 0 Å². The second kappa shape index (κ2) is 5.53. The molecule has 0 aromatic heterocycles. The number of rotatable bonds is 5. The van der Waals surface area contributed by atoms with E-state index in [0.717, 1.165) is 18.5 Å². The molecule has 0 heterocycles. The van der Waals surface area contributed by atoms with Crippen LogP contribution < -0.4 is 10.1 Å². The third-order valence-corrected chi connectivity index (χ3v) is 2.84. The average molecular weight is 248 g/mol. The van der Waals surface area contributed by atoms with Gasteiger partial charge in [-0.05, 0) is 25.8 Å². The number of hydrogen-bond acceptors (Lipinski definition) is 4. The largest absolute Gasteiger partial charge is 0.487 e. The van der Waals surface area contributed by atoms with E-state index < -0.39 is 4.92 Å². The Kier molecular flexibility index (Phi) is 3.82. The number of hydrogen-bond donors (Lipinski definition) is 1. The van der Waals surface area contributed by atoms with Crippen molar-refractivity contribution in [1.29, 1.82) is 0 Å². The van der Waals surface area contributed by atoms with Crippen molar-refractivity contribution in [2.24, 2.45) is 0 Å². The lowest BCUT2D eigenvalue weighted by Gasteiger charge is -2.14. The van der Waals surface area contributed by atoms with Crippen LogP contribution in [0.3, 0.4) is 0 Å². The number of nitrogens with zero attached hydrogens (tertiary/aromatic N) is 1. The van der Waals surface area contributed by atoms with Crippen molar-refractivity contribution >= 4 is 11.4 Å². The Morgan fingerprint density at radius 1 is 1.44 bits per heavy atom. The van der Waals surface area contributed by atoms with Crippen LogP contribution in [0.15, 0.2) is 30.4 Å². The molecule has 0 radical (unpaired) electrons. The van der Waals surface area contributed by atoms with Gasteiger partial charge in [-0.25, -0.2) is 0 Å². The van der Waals surface area contributed by atoms with Gasteiger partial charge in [0.15, 0.2) is 5.75 Å².